The van der Waals surface area contributed by atoms with Crippen LogP contribution in [-0.2, 0) is 0 Å². The van der Waals surface area contributed by atoms with Crippen molar-refractivity contribution < 1.29 is 4.79 Å². The van der Waals surface area contributed by atoms with Crippen LogP contribution in [0.3, 0.4) is 0 Å². The van der Waals surface area contributed by atoms with Crippen LogP contribution in [0, 0.1) is 13.8 Å². The number of urea groups is 1. The van der Waals surface area contributed by atoms with Gasteiger partial charge in [-0.15, -0.1) is 11.3 Å². The van der Waals surface area contributed by atoms with E-state index < -0.39 is 0 Å². The highest BCUT2D eigenvalue weighted by Gasteiger charge is 2.17. The molecule has 0 saturated heterocycles. The monoisotopic (exact) mass is 336 g/mol. The summed E-state index contributed by atoms with van der Waals surface area (Å²) < 4.78 is 0. The molecule has 1 aromatic heterocycles. The number of anilines is 1. The van der Waals surface area contributed by atoms with Crippen molar-refractivity contribution in [2.45, 2.75) is 19.9 Å². The van der Waals surface area contributed by atoms with Gasteiger partial charge in [0.2, 0.25) is 0 Å². The molecular formula is C20H20N2OS. The molecule has 1 heterocycles. The Morgan fingerprint density at radius 1 is 0.917 bits per heavy atom. The molecule has 3 aromatic rings. The van der Waals surface area contributed by atoms with E-state index in [1.54, 1.807) is 11.3 Å². The molecular weight excluding hydrogens is 316 g/mol. The van der Waals surface area contributed by atoms with Gasteiger partial charge in [0.1, 0.15) is 0 Å². The molecule has 0 fully saturated rings. The Labute approximate surface area is 146 Å². The number of hydrogen-bond donors (Lipinski definition) is 2. The predicted molar refractivity (Wildman–Crippen MR) is 101 cm³/mol. The van der Waals surface area contributed by atoms with Crippen LogP contribution in [-0.4, -0.2) is 6.03 Å². The predicted octanol–water partition coefficient (Wildman–Crippen LogP) is 5.28. The number of hydrogen-bond acceptors (Lipinski definition) is 2. The quantitative estimate of drug-likeness (QED) is 0.669. The topological polar surface area (TPSA) is 41.1 Å². The summed E-state index contributed by atoms with van der Waals surface area (Å²) in [7, 11) is 0. The first-order chi connectivity index (χ1) is 11.6. The Hall–Kier alpha value is -2.59. The van der Waals surface area contributed by atoms with E-state index in [9.17, 15) is 4.79 Å². The Balaban J connectivity index is 1.77. The standard InChI is InChI=1S/C20H20N2OS/c1-14-5-9-16(10-6-14)19(18-4-3-13-24-18)22-20(23)21-17-11-7-15(2)8-12-17/h3-13,19H,1-2H3,(H2,21,22,23). The van der Waals surface area contributed by atoms with Gasteiger partial charge in [-0.05, 0) is 43.0 Å². The molecule has 0 bridgehead atoms. The molecule has 3 nitrogen and oxygen atoms in total. The van der Waals surface area contributed by atoms with Gasteiger partial charge in [0.15, 0.2) is 0 Å². The second-order valence-corrected chi connectivity index (χ2v) is 6.80. The van der Waals surface area contributed by atoms with Crippen LogP contribution in [0.5, 0.6) is 0 Å². The Morgan fingerprint density at radius 2 is 1.54 bits per heavy atom. The maximum atomic E-state index is 12.4. The Kier molecular flexibility index (Phi) is 4.96. The highest BCUT2D eigenvalue weighted by atomic mass is 32.1. The first-order valence-corrected chi connectivity index (χ1v) is 8.74. The lowest BCUT2D eigenvalue weighted by Gasteiger charge is -2.19. The van der Waals surface area contributed by atoms with Crippen LogP contribution in [0.4, 0.5) is 10.5 Å². The maximum Gasteiger partial charge on any atom is 0.320 e. The first-order valence-electron chi connectivity index (χ1n) is 7.86. The minimum atomic E-state index is -0.210. The Morgan fingerprint density at radius 3 is 2.12 bits per heavy atom. The van der Waals surface area contributed by atoms with E-state index in [0.717, 1.165) is 21.7 Å². The molecule has 2 amide bonds. The van der Waals surface area contributed by atoms with Crippen LogP contribution < -0.4 is 10.6 Å². The normalized spacial score (nSPS) is 11.8. The summed E-state index contributed by atoms with van der Waals surface area (Å²) >= 11 is 1.64. The zero-order valence-electron chi connectivity index (χ0n) is 13.7. The van der Waals surface area contributed by atoms with Gasteiger partial charge < -0.3 is 10.6 Å². The third kappa shape index (κ3) is 4.03. The molecule has 0 radical (unpaired) electrons. The lowest BCUT2D eigenvalue weighted by atomic mass is 10.0. The van der Waals surface area contributed by atoms with E-state index in [1.165, 1.54) is 5.56 Å². The van der Waals surface area contributed by atoms with Gasteiger partial charge in [0.25, 0.3) is 0 Å². The zero-order chi connectivity index (χ0) is 16.9. The summed E-state index contributed by atoms with van der Waals surface area (Å²) in [4.78, 5) is 13.5. The third-order valence-electron chi connectivity index (χ3n) is 3.82. The fourth-order valence-corrected chi connectivity index (χ4v) is 3.27. The van der Waals surface area contributed by atoms with E-state index in [0.29, 0.717) is 0 Å². The third-order valence-corrected chi connectivity index (χ3v) is 4.76. The zero-order valence-corrected chi connectivity index (χ0v) is 14.6. The van der Waals surface area contributed by atoms with E-state index in [2.05, 4.69) is 41.8 Å². The van der Waals surface area contributed by atoms with Crippen LogP contribution in [0.15, 0.2) is 66.0 Å². The van der Waals surface area contributed by atoms with Gasteiger partial charge in [-0.2, -0.15) is 0 Å². The average Bonchev–Trinajstić information content (AvgIpc) is 3.10. The van der Waals surface area contributed by atoms with Crippen molar-refractivity contribution in [2.75, 3.05) is 5.32 Å². The summed E-state index contributed by atoms with van der Waals surface area (Å²) in [5.74, 6) is 0. The van der Waals surface area contributed by atoms with Crippen LogP contribution >= 0.6 is 11.3 Å². The molecule has 0 aliphatic carbocycles. The number of carbonyl (C=O) groups excluding carboxylic acids is 1. The molecule has 122 valence electrons. The summed E-state index contributed by atoms with van der Waals surface area (Å²) in [6.45, 7) is 4.08. The van der Waals surface area contributed by atoms with E-state index in [1.807, 2.05) is 48.7 Å². The van der Waals surface area contributed by atoms with Gasteiger partial charge in [-0.1, -0.05) is 53.6 Å². The summed E-state index contributed by atoms with van der Waals surface area (Å²) in [6, 6.07) is 19.7. The molecule has 0 spiro atoms. The molecule has 3 rings (SSSR count). The second-order valence-electron chi connectivity index (χ2n) is 5.82. The lowest BCUT2D eigenvalue weighted by molar-refractivity contribution is 0.250. The lowest BCUT2D eigenvalue weighted by Crippen LogP contribution is -2.32. The first kappa shape index (κ1) is 16.3. The molecule has 1 atom stereocenters. The molecule has 24 heavy (non-hydrogen) atoms. The molecule has 0 saturated carbocycles. The molecule has 2 aromatic carbocycles. The van der Waals surface area contributed by atoms with Crippen LogP contribution in [0.2, 0.25) is 0 Å². The number of rotatable bonds is 4. The average molecular weight is 336 g/mol. The van der Waals surface area contributed by atoms with Crippen molar-refractivity contribution in [1.29, 1.82) is 0 Å². The van der Waals surface area contributed by atoms with Crippen molar-refractivity contribution >= 4 is 23.1 Å². The summed E-state index contributed by atoms with van der Waals surface area (Å²) in [6.07, 6.45) is 0. The largest absolute Gasteiger partial charge is 0.326 e. The van der Waals surface area contributed by atoms with Crippen LogP contribution in [0.25, 0.3) is 0 Å². The van der Waals surface area contributed by atoms with Crippen molar-refractivity contribution in [3.05, 3.63) is 87.6 Å². The number of benzene rings is 2. The highest BCUT2D eigenvalue weighted by Crippen LogP contribution is 2.26. The van der Waals surface area contributed by atoms with Crippen molar-refractivity contribution in [2.24, 2.45) is 0 Å². The molecule has 0 aliphatic rings. The number of carbonyl (C=O) groups is 1. The number of amides is 2. The van der Waals surface area contributed by atoms with E-state index >= 15 is 0 Å². The fourth-order valence-electron chi connectivity index (χ4n) is 2.47. The van der Waals surface area contributed by atoms with Gasteiger partial charge in [-0.3, -0.25) is 0 Å². The second kappa shape index (κ2) is 7.32. The van der Waals surface area contributed by atoms with E-state index in [4.69, 9.17) is 0 Å². The molecule has 2 N–H and O–H groups in total. The SMILES string of the molecule is Cc1ccc(NC(=O)NC(c2ccc(C)cc2)c2cccs2)cc1. The number of thiophene rings is 1. The van der Waals surface area contributed by atoms with Gasteiger partial charge >= 0.3 is 6.03 Å². The van der Waals surface area contributed by atoms with Gasteiger partial charge in [0.05, 0.1) is 6.04 Å². The number of aryl methyl sites for hydroxylation is 2. The van der Waals surface area contributed by atoms with Gasteiger partial charge in [-0.25, -0.2) is 4.79 Å². The maximum absolute atomic E-state index is 12.4. The van der Waals surface area contributed by atoms with Crippen molar-refractivity contribution in [3.8, 4) is 0 Å². The fraction of sp³-hybridized carbons (Fsp3) is 0.150. The highest BCUT2D eigenvalue weighted by molar-refractivity contribution is 7.10. The molecule has 1 unspecified atom stereocenters. The molecule has 4 heteroatoms. The Bertz CT molecular complexity index is 793. The van der Waals surface area contributed by atoms with Crippen molar-refractivity contribution in [1.82, 2.24) is 5.32 Å². The summed E-state index contributed by atoms with van der Waals surface area (Å²) in [5.41, 5.74) is 4.22. The minimum Gasteiger partial charge on any atom is -0.326 e. The van der Waals surface area contributed by atoms with Crippen LogP contribution in [0.1, 0.15) is 27.6 Å². The van der Waals surface area contributed by atoms with E-state index in [-0.39, 0.29) is 12.1 Å². The molecule has 0 aliphatic heterocycles. The number of nitrogens with one attached hydrogen (secondary N) is 2. The van der Waals surface area contributed by atoms with Gasteiger partial charge in [0, 0.05) is 10.6 Å². The van der Waals surface area contributed by atoms with Crippen molar-refractivity contribution in [3.63, 3.8) is 0 Å². The summed E-state index contributed by atoms with van der Waals surface area (Å²) in [5, 5.41) is 8.00. The smallest absolute Gasteiger partial charge is 0.320 e. The minimum absolute atomic E-state index is 0.156.